The third-order valence-electron chi connectivity index (χ3n) is 14.7. The summed E-state index contributed by atoms with van der Waals surface area (Å²) in [5.74, 6) is 1.78. The van der Waals surface area contributed by atoms with Gasteiger partial charge in [0.2, 0.25) is 0 Å². The highest BCUT2D eigenvalue weighted by atomic mass is 16.5. The van der Waals surface area contributed by atoms with Crippen LogP contribution in [0.1, 0.15) is 44.5 Å². The van der Waals surface area contributed by atoms with Crippen molar-refractivity contribution in [2.75, 3.05) is 4.90 Å². The molecule has 0 unspecified atom stereocenters. The molecule has 1 heterocycles. The molecule has 1 aliphatic heterocycles. The van der Waals surface area contributed by atoms with Crippen molar-refractivity contribution in [3.05, 3.63) is 330 Å². The molecule has 2 heteroatoms. The Morgan fingerprint density at radius 2 is 0.686 bits per heavy atom. The van der Waals surface area contributed by atoms with Gasteiger partial charge in [0, 0.05) is 28.2 Å². The molecule has 0 bridgehead atoms. The summed E-state index contributed by atoms with van der Waals surface area (Å²) in [6.07, 6.45) is 0. The minimum Gasteiger partial charge on any atom is -0.457 e. The summed E-state index contributed by atoms with van der Waals surface area (Å²) in [5, 5.41) is 0. The Kier molecular flexibility index (Phi) is 9.99. The van der Waals surface area contributed by atoms with Crippen molar-refractivity contribution in [1.29, 1.82) is 0 Å². The van der Waals surface area contributed by atoms with Gasteiger partial charge in [-0.1, -0.05) is 237 Å². The molecule has 0 saturated heterocycles. The highest BCUT2D eigenvalue weighted by Crippen LogP contribution is 2.62. The maximum atomic E-state index is 6.86. The molecule has 0 atom stereocenters. The van der Waals surface area contributed by atoms with Gasteiger partial charge in [0.25, 0.3) is 0 Å². The first-order valence-electron chi connectivity index (χ1n) is 24.2. The number of anilines is 3. The predicted octanol–water partition coefficient (Wildman–Crippen LogP) is 17.3. The molecule has 0 saturated carbocycles. The third-order valence-corrected chi connectivity index (χ3v) is 14.7. The van der Waals surface area contributed by atoms with E-state index in [4.69, 9.17) is 4.74 Å². The van der Waals surface area contributed by atoms with Crippen LogP contribution in [0.4, 0.5) is 17.1 Å². The van der Waals surface area contributed by atoms with E-state index in [2.05, 4.69) is 290 Å². The molecule has 70 heavy (non-hydrogen) atoms. The standard InChI is InChI=1S/C68H47NO/c1-5-21-52(22-6-1)67(53-23-7-2-8-24-53,54-25-9-3-10-26-54)55-41-36-48(37-42-55)50-20-19-29-58(46-50)69(56-27-11-4-12-28-56)57-43-38-49(39-44-57)51-40-45-64-66(47-51)70-65-35-18-17-34-63(65)68(64)61-32-15-13-30-59(61)60-31-14-16-33-62(60)68/h1-47H. The molecule has 330 valence electrons. The van der Waals surface area contributed by atoms with Crippen LogP contribution in [0.3, 0.4) is 0 Å². The topological polar surface area (TPSA) is 12.5 Å². The van der Waals surface area contributed by atoms with Crippen LogP contribution in [-0.4, -0.2) is 0 Å². The van der Waals surface area contributed by atoms with E-state index in [0.29, 0.717) is 0 Å². The SMILES string of the molecule is c1ccc(N(c2ccc(-c3ccc4c(c3)Oc3ccccc3C43c4ccccc4-c4ccccc43)cc2)c2cccc(-c3ccc(C(c4ccccc4)(c4ccccc4)c4ccccc4)cc3)c2)cc1. The zero-order chi connectivity index (χ0) is 46.5. The van der Waals surface area contributed by atoms with Crippen LogP contribution in [0.25, 0.3) is 33.4 Å². The van der Waals surface area contributed by atoms with Gasteiger partial charge in [0.05, 0.1) is 10.8 Å². The molecule has 0 N–H and O–H groups in total. The Morgan fingerprint density at radius 3 is 1.27 bits per heavy atom. The second-order valence-electron chi connectivity index (χ2n) is 18.3. The maximum absolute atomic E-state index is 6.86. The van der Waals surface area contributed by atoms with Gasteiger partial charge < -0.3 is 9.64 Å². The molecule has 1 aliphatic carbocycles. The Hall–Kier alpha value is -8.98. The van der Waals surface area contributed by atoms with Gasteiger partial charge in [-0.3, -0.25) is 0 Å². The lowest BCUT2D eigenvalue weighted by atomic mass is 9.65. The van der Waals surface area contributed by atoms with Gasteiger partial charge in [0.15, 0.2) is 0 Å². The molecule has 1 spiro atoms. The van der Waals surface area contributed by atoms with Gasteiger partial charge in [-0.15, -0.1) is 0 Å². The summed E-state index contributed by atoms with van der Waals surface area (Å²) >= 11 is 0. The number of rotatable bonds is 9. The predicted molar refractivity (Wildman–Crippen MR) is 288 cm³/mol. The van der Waals surface area contributed by atoms with Crippen molar-refractivity contribution in [3.8, 4) is 44.9 Å². The summed E-state index contributed by atoms with van der Waals surface area (Å²) in [7, 11) is 0. The van der Waals surface area contributed by atoms with E-state index in [-0.39, 0.29) is 0 Å². The van der Waals surface area contributed by atoms with E-state index in [0.717, 1.165) is 56.4 Å². The van der Waals surface area contributed by atoms with Gasteiger partial charge in [-0.2, -0.15) is 0 Å². The van der Waals surface area contributed by atoms with Crippen LogP contribution in [-0.2, 0) is 10.8 Å². The largest absolute Gasteiger partial charge is 0.457 e. The van der Waals surface area contributed by atoms with Gasteiger partial charge >= 0.3 is 0 Å². The fraction of sp³-hybridized carbons (Fsp3) is 0.0294. The quantitative estimate of drug-likeness (QED) is 0.134. The molecule has 0 amide bonds. The lowest BCUT2D eigenvalue weighted by Crippen LogP contribution is -2.32. The van der Waals surface area contributed by atoms with E-state index in [1.807, 2.05) is 0 Å². The second-order valence-corrected chi connectivity index (χ2v) is 18.3. The van der Waals surface area contributed by atoms with Gasteiger partial charge in [-0.05, 0) is 115 Å². The Morgan fingerprint density at radius 1 is 0.271 bits per heavy atom. The normalized spacial score (nSPS) is 12.8. The van der Waals surface area contributed by atoms with Crippen LogP contribution in [0.15, 0.2) is 285 Å². The zero-order valence-corrected chi connectivity index (χ0v) is 38.5. The molecular weight excluding hydrogens is 847 g/mol. The Bertz CT molecular complexity index is 3520. The number of hydrogen-bond donors (Lipinski definition) is 0. The number of hydrogen-bond acceptors (Lipinski definition) is 2. The second kappa shape index (κ2) is 17.0. The maximum Gasteiger partial charge on any atom is 0.132 e. The lowest BCUT2D eigenvalue weighted by Gasteiger charge is -2.39. The van der Waals surface area contributed by atoms with E-state index >= 15 is 0 Å². The molecule has 11 aromatic rings. The fourth-order valence-electron chi connectivity index (χ4n) is 11.7. The molecule has 11 aromatic carbocycles. The molecule has 2 nitrogen and oxygen atoms in total. The third kappa shape index (κ3) is 6.49. The first kappa shape index (κ1) is 41.2. The minimum atomic E-state index is -0.505. The van der Waals surface area contributed by atoms with E-state index in [1.54, 1.807) is 0 Å². The molecule has 0 radical (unpaired) electrons. The zero-order valence-electron chi connectivity index (χ0n) is 38.5. The van der Waals surface area contributed by atoms with Gasteiger partial charge in [-0.25, -0.2) is 0 Å². The van der Waals surface area contributed by atoms with E-state index in [9.17, 15) is 0 Å². The van der Waals surface area contributed by atoms with Crippen LogP contribution < -0.4 is 9.64 Å². The number of fused-ring (bicyclic) bond motifs is 9. The summed E-state index contributed by atoms with van der Waals surface area (Å²) < 4.78 is 6.86. The number of benzene rings is 11. The molecular formula is C68H47NO. The van der Waals surface area contributed by atoms with E-state index in [1.165, 1.54) is 50.1 Å². The molecule has 2 aliphatic rings. The molecule has 0 fully saturated rings. The first-order chi connectivity index (χ1) is 34.7. The van der Waals surface area contributed by atoms with Crippen molar-refractivity contribution in [3.63, 3.8) is 0 Å². The number of nitrogens with zero attached hydrogens (tertiary/aromatic N) is 1. The molecule has 13 rings (SSSR count). The highest BCUT2D eigenvalue weighted by molar-refractivity contribution is 5.89. The minimum absolute atomic E-state index is 0.483. The van der Waals surface area contributed by atoms with Crippen molar-refractivity contribution in [1.82, 2.24) is 0 Å². The summed E-state index contributed by atoms with van der Waals surface area (Å²) in [5.41, 5.74) is 19.2. The summed E-state index contributed by atoms with van der Waals surface area (Å²) in [6.45, 7) is 0. The average molecular weight is 894 g/mol. The molecule has 0 aromatic heterocycles. The Labute approximate surface area is 410 Å². The lowest BCUT2D eigenvalue weighted by molar-refractivity contribution is 0.436. The monoisotopic (exact) mass is 893 g/mol. The smallest absolute Gasteiger partial charge is 0.132 e. The van der Waals surface area contributed by atoms with Crippen molar-refractivity contribution < 1.29 is 4.74 Å². The van der Waals surface area contributed by atoms with Crippen LogP contribution in [0.5, 0.6) is 11.5 Å². The summed E-state index contributed by atoms with van der Waals surface area (Å²) in [4.78, 5) is 2.35. The number of ether oxygens (including phenoxy) is 1. The first-order valence-corrected chi connectivity index (χ1v) is 24.2. The van der Waals surface area contributed by atoms with Crippen molar-refractivity contribution in [2.24, 2.45) is 0 Å². The fourth-order valence-corrected chi connectivity index (χ4v) is 11.7. The van der Waals surface area contributed by atoms with E-state index < -0.39 is 10.8 Å². The van der Waals surface area contributed by atoms with Crippen LogP contribution in [0.2, 0.25) is 0 Å². The van der Waals surface area contributed by atoms with Crippen LogP contribution >= 0.6 is 0 Å². The highest BCUT2D eigenvalue weighted by Gasteiger charge is 2.51. The average Bonchev–Trinajstić information content (AvgIpc) is 3.73. The number of para-hydroxylation sites is 2. The van der Waals surface area contributed by atoms with Crippen molar-refractivity contribution >= 4 is 17.1 Å². The van der Waals surface area contributed by atoms with Crippen LogP contribution in [0, 0.1) is 0 Å². The Balaban J connectivity index is 0.862. The summed E-state index contributed by atoms with van der Waals surface area (Å²) in [6, 6.07) is 104. The van der Waals surface area contributed by atoms with Crippen molar-refractivity contribution in [2.45, 2.75) is 10.8 Å². The van der Waals surface area contributed by atoms with Gasteiger partial charge in [0.1, 0.15) is 11.5 Å².